The third-order valence-electron chi connectivity index (χ3n) is 5.03. The molecule has 0 saturated heterocycles. The molecule has 0 fully saturated rings. The zero-order chi connectivity index (χ0) is 22.6. The summed E-state index contributed by atoms with van der Waals surface area (Å²) in [5.74, 6) is 0.234. The zero-order valence-electron chi connectivity index (χ0n) is 19.4. The number of rotatable bonds is 13. The van der Waals surface area contributed by atoms with Gasteiger partial charge in [0.05, 0.1) is 11.4 Å². The number of carbonyl (C=O) groups excluding carboxylic acids is 1. The predicted octanol–water partition coefficient (Wildman–Crippen LogP) is 5.05. The van der Waals surface area contributed by atoms with E-state index in [1.807, 2.05) is 12.3 Å². The third-order valence-corrected chi connectivity index (χ3v) is 5.03. The van der Waals surface area contributed by atoms with Gasteiger partial charge in [0.25, 0.3) is 5.91 Å². The van der Waals surface area contributed by atoms with Gasteiger partial charge < -0.3 is 4.57 Å². The minimum Gasteiger partial charge on any atom is -0.303 e. The maximum Gasteiger partial charge on any atom is 0.267 e. The highest BCUT2D eigenvalue weighted by Crippen LogP contribution is 2.22. The molecule has 0 aromatic carbocycles. The number of hydrogen-bond donors (Lipinski definition) is 2. The molecule has 0 saturated carbocycles. The molecule has 0 unspecified atom stereocenters. The van der Waals surface area contributed by atoms with Crippen molar-refractivity contribution in [2.24, 2.45) is 5.41 Å². The standard InChI is InChI=1S/C24H40N4O2/c1-7-10-11-14-20-21(19-27(8-2)18-17-24(4,5)6)28(9-3)22(25-20)15-12-13-16-23(29)26-30/h9,12-13,15-16,30H,3,7-8,10-11,14,17-19H2,1-2,4-6H3,(H,26,29)/b15-12+,16-13+. The highest BCUT2D eigenvalue weighted by Gasteiger charge is 2.18. The quantitative estimate of drug-likeness (QED) is 0.155. The fourth-order valence-corrected chi connectivity index (χ4v) is 3.14. The summed E-state index contributed by atoms with van der Waals surface area (Å²) in [5.41, 5.74) is 4.19. The molecule has 1 aromatic rings. The van der Waals surface area contributed by atoms with Crippen LogP contribution in [0.5, 0.6) is 0 Å². The van der Waals surface area contributed by atoms with Gasteiger partial charge in [0.1, 0.15) is 5.82 Å². The van der Waals surface area contributed by atoms with Crippen LogP contribution < -0.4 is 5.48 Å². The molecule has 0 bridgehead atoms. The summed E-state index contributed by atoms with van der Waals surface area (Å²) in [4.78, 5) is 18.5. The molecule has 0 aliphatic carbocycles. The molecule has 1 rings (SSSR count). The summed E-state index contributed by atoms with van der Waals surface area (Å²) < 4.78 is 2.05. The van der Waals surface area contributed by atoms with E-state index in [2.05, 4.69) is 50.7 Å². The summed E-state index contributed by atoms with van der Waals surface area (Å²) in [6.07, 6.45) is 13.8. The molecule has 6 nitrogen and oxygen atoms in total. The van der Waals surface area contributed by atoms with Gasteiger partial charge in [0.15, 0.2) is 0 Å². The van der Waals surface area contributed by atoms with E-state index in [0.29, 0.717) is 5.41 Å². The fourth-order valence-electron chi connectivity index (χ4n) is 3.14. The van der Waals surface area contributed by atoms with Gasteiger partial charge in [0.2, 0.25) is 0 Å². The Morgan fingerprint density at radius 1 is 1.27 bits per heavy atom. The lowest BCUT2D eigenvalue weighted by Gasteiger charge is -2.26. The number of unbranched alkanes of at least 4 members (excludes halogenated alkanes) is 2. The van der Waals surface area contributed by atoms with Crippen LogP contribution in [0.15, 0.2) is 24.8 Å². The van der Waals surface area contributed by atoms with E-state index in [0.717, 1.165) is 50.4 Å². The summed E-state index contributed by atoms with van der Waals surface area (Å²) in [7, 11) is 0. The molecule has 1 heterocycles. The van der Waals surface area contributed by atoms with Crippen molar-refractivity contribution in [1.82, 2.24) is 19.9 Å². The second-order valence-electron chi connectivity index (χ2n) is 8.75. The maximum atomic E-state index is 11.1. The van der Waals surface area contributed by atoms with E-state index in [4.69, 9.17) is 10.2 Å². The van der Waals surface area contributed by atoms with Crippen molar-refractivity contribution in [1.29, 1.82) is 0 Å². The summed E-state index contributed by atoms with van der Waals surface area (Å²) in [6.45, 7) is 18.1. The third kappa shape index (κ3) is 9.09. The fraction of sp³-hybridized carbons (Fsp3) is 0.583. The van der Waals surface area contributed by atoms with Crippen LogP contribution >= 0.6 is 0 Å². The molecule has 0 atom stereocenters. The Labute approximate surface area is 182 Å². The number of hydroxylamine groups is 1. The van der Waals surface area contributed by atoms with E-state index < -0.39 is 5.91 Å². The first kappa shape index (κ1) is 25.9. The number of hydrogen-bond acceptors (Lipinski definition) is 4. The van der Waals surface area contributed by atoms with Crippen LogP contribution in [-0.4, -0.2) is 38.7 Å². The number of imidazole rings is 1. The molecule has 0 radical (unpaired) electrons. The van der Waals surface area contributed by atoms with Gasteiger partial charge in [-0.25, -0.2) is 10.5 Å². The van der Waals surface area contributed by atoms with Crippen LogP contribution in [0.3, 0.4) is 0 Å². The summed E-state index contributed by atoms with van der Waals surface area (Å²) in [5, 5.41) is 8.57. The van der Waals surface area contributed by atoms with Gasteiger partial charge in [-0.2, -0.15) is 0 Å². The van der Waals surface area contributed by atoms with Gasteiger partial charge in [0, 0.05) is 18.8 Å². The molecule has 2 N–H and O–H groups in total. The molecule has 168 valence electrons. The Balaban J connectivity index is 3.14. The summed E-state index contributed by atoms with van der Waals surface area (Å²) >= 11 is 0. The number of nitrogens with one attached hydrogen (secondary N) is 1. The Kier molecular flexibility index (Phi) is 11.4. The van der Waals surface area contributed by atoms with Gasteiger partial charge in [-0.05, 0) is 43.8 Å². The van der Waals surface area contributed by atoms with Crippen molar-refractivity contribution >= 4 is 18.2 Å². The first-order valence-corrected chi connectivity index (χ1v) is 11.0. The largest absolute Gasteiger partial charge is 0.303 e. The number of aromatic nitrogens is 2. The first-order chi connectivity index (χ1) is 14.3. The molecular weight excluding hydrogens is 376 g/mol. The lowest BCUT2D eigenvalue weighted by molar-refractivity contribution is -0.124. The normalized spacial score (nSPS) is 12.4. The highest BCUT2D eigenvalue weighted by atomic mass is 16.5. The van der Waals surface area contributed by atoms with Crippen LogP contribution in [-0.2, 0) is 17.8 Å². The minimum absolute atomic E-state index is 0.303. The van der Waals surface area contributed by atoms with Gasteiger partial charge in [-0.1, -0.05) is 66.2 Å². The monoisotopic (exact) mass is 416 g/mol. The topological polar surface area (TPSA) is 70.4 Å². The van der Waals surface area contributed by atoms with Crippen molar-refractivity contribution in [2.45, 2.75) is 73.3 Å². The highest BCUT2D eigenvalue weighted by molar-refractivity contribution is 5.86. The lowest BCUT2D eigenvalue weighted by atomic mass is 9.92. The molecule has 0 aliphatic heterocycles. The van der Waals surface area contributed by atoms with Crippen LogP contribution in [0, 0.1) is 5.41 Å². The average molecular weight is 417 g/mol. The second kappa shape index (κ2) is 13.2. The Bertz CT molecular complexity index is 726. The van der Waals surface area contributed by atoms with Gasteiger partial charge in [-0.15, -0.1) is 0 Å². The number of nitrogens with zero attached hydrogens (tertiary/aromatic N) is 3. The Morgan fingerprint density at radius 3 is 2.57 bits per heavy atom. The smallest absolute Gasteiger partial charge is 0.267 e. The average Bonchev–Trinajstić information content (AvgIpc) is 3.03. The van der Waals surface area contributed by atoms with E-state index in [1.165, 1.54) is 24.6 Å². The molecule has 0 aliphatic rings. The summed E-state index contributed by atoms with van der Waals surface area (Å²) in [6, 6.07) is 0. The number of aryl methyl sites for hydroxylation is 1. The first-order valence-electron chi connectivity index (χ1n) is 11.0. The SMILES string of the molecule is C=Cn1c(/C=C/C=C/C(=O)NO)nc(CCCCC)c1CN(CC)CCC(C)(C)C. The van der Waals surface area contributed by atoms with Crippen molar-refractivity contribution < 1.29 is 10.0 Å². The predicted molar refractivity (Wildman–Crippen MR) is 125 cm³/mol. The molecule has 1 amide bonds. The van der Waals surface area contributed by atoms with Crippen molar-refractivity contribution in [3.8, 4) is 0 Å². The molecule has 30 heavy (non-hydrogen) atoms. The van der Waals surface area contributed by atoms with Crippen molar-refractivity contribution in [3.63, 3.8) is 0 Å². The molecule has 1 aromatic heterocycles. The van der Waals surface area contributed by atoms with Crippen LogP contribution in [0.2, 0.25) is 0 Å². The van der Waals surface area contributed by atoms with E-state index >= 15 is 0 Å². The zero-order valence-corrected chi connectivity index (χ0v) is 19.4. The van der Waals surface area contributed by atoms with Gasteiger partial charge >= 0.3 is 0 Å². The minimum atomic E-state index is -0.565. The number of carbonyl (C=O) groups is 1. The second-order valence-corrected chi connectivity index (χ2v) is 8.75. The molecule has 6 heteroatoms. The van der Waals surface area contributed by atoms with Crippen LogP contribution in [0.1, 0.15) is 77.5 Å². The van der Waals surface area contributed by atoms with Crippen LogP contribution in [0.25, 0.3) is 12.3 Å². The van der Waals surface area contributed by atoms with E-state index in [9.17, 15) is 4.79 Å². The lowest BCUT2D eigenvalue weighted by Crippen LogP contribution is -2.28. The van der Waals surface area contributed by atoms with Crippen molar-refractivity contribution in [3.05, 3.63) is 42.0 Å². The van der Waals surface area contributed by atoms with E-state index in [-0.39, 0.29) is 0 Å². The number of amides is 1. The number of allylic oxidation sites excluding steroid dienone is 2. The Morgan fingerprint density at radius 2 is 2.00 bits per heavy atom. The van der Waals surface area contributed by atoms with Gasteiger partial charge in [-0.3, -0.25) is 14.9 Å². The Hall–Kier alpha value is -2.18. The van der Waals surface area contributed by atoms with Crippen molar-refractivity contribution in [2.75, 3.05) is 13.1 Å². The van der Waals surface area contributed by atoms with Crippen LogP contribution in [0.4, 0.5) is 0 Å². The maximum absolute atomic E-state index is 11.1. The van der Waals surface area contributed by atoms with E-state index in [1.54, 1.807) is 17.6 Å². The molecule has 0 spiro atoms. The molecular formula is C24H40N4O2.